The van der Waals surface area contributed by atoms with Gasteiger partial charge in [-0.25, -0.2) is 0 Å². The van der Waals surface area contributed by atoms with Crippen molar-refractivity contribution in [2.24, 2.45) is 0 Å². The molecule has 0 spiro atoms. The van der Waals surface area contributed by atoms with Crippen molar-refractivity contribution in [3.63, 3.8) is 0 Å². The second-order valence-electron chi connectivity index (χ2n) is 4.54. The van der Waals surface area contributed by atoms with Crippen LogP contribution in [0.2, 0.25) is 0 Å². The van der Waals surface area contributed by atoms with Crippen molar-refractivity contribution >= 4 is 21.8 Å². The molecule has 0 unspecified atom stereocenters. The van der Waals surface area contributed by atoms with Crippen molar-refractivity contribution in [3.8, 4) is 6.07 Å². The lowest BCUT2D eigenvalue weighted by atomic mass is 10.0. The summed E-state index contributed by atoms with van der Waals surface area (Å²) in [5, 5.41) is 18.2. The molecule has 2 heterocycles. The molecule has 0 saturated carbocycles. The summed E-state index contributed by atoms with van der Waals surface area (Å²) >= 11 is 0. The highest BCUT2D eigenvalue weighted by Gasteiger charge is 2.14. The molecule has 0 atom stereocenters. The van der Waals surface area contributed by atoms with Crippen molar-refractivity contribution in [2.75, 3.05) is 0 Å². The fourth-order valence-corrected chi connectivity index (χ4v) is 2.21. The van der Waals surface area contributed by atoms with Crippen molar-refractivity contribution in [1.82, 2.24) is 15.2 Å². The number of benzene rings is 1. The van der Waals surface area contributed by atoms with Gasteiger partial charge in [0.25, 0.3) is 0 Å². The van der Waals surface area contributed by atoms with Crippen molar-refractivity contribution < 1.29 is 0 Å². The SMILES string of the molecule is CC(C)c1[nH]c2cc3cn[nH]c3cc2c1C#N. The Labute approximate surface area is 98.3 Å². The first-order valence-electron chi connectivity index (χ1n) is 5.59. The highest BCUT2D eigenvalue weighted by Crippen LogP contribution is 2.29. The molecule has 0 aliphatic heterocycles. The zero-order valence-corrected chi connectivity index (χ0v) is 9.70. The molecular weight excluding hydrogens is 212 g/mol. The van der Waals surface area contributed by atoms with Crippen molar-refractivity contribution in [2.45, 2.75) is 19.8 Å². The number of fused-ring (bicyclic) bond motifs is 2. The normalized spacial score (nSPS) is 11.4. The quantitative estimate of drug-likeness (QED) is 0.667. The van der Waals surface area contributed by atoms with Gasteiger partial charge >= 0.3 is 0 Å². The number of aromatic nitrogens is 3. The van der Waals surface area contributed by atoms with E-state index < -0.39 is 0 Å². The predicted octanol–water partition coefficient (Wildman–Crippen LogP) is 3.04. The standard InChI is InChI=1S/C13H12N4/c1-7(2)13-10(5-14)9-4-11-8(6-15-17-11)3-12(9)16-13/h3-4,6-7,16H,1-2H3,(H,15,17). The first kappa shape index (κ1) is 9.91. The van der Waals surface area contributed by atoms with Crippen molar-refractivity contribution in [3.05, 3.63) is 29.6 Å². The lowest BCUT2D eigenvalue weighted by Gasteiger charge is -2.00. The fraction of sp³-hybridized carbons (Fsp3) is 0.231. The largest absolute Gasteiger partial charge is 0.357 e. The van der Waals surface area contributed by atoms with Gasteiger partial charge in [-0.2, -0.15) is 10.4 Å². The Hall–Kier alpha value is -2.28. The van der Waals surface area contributed by atoms with Crippen LogP contribution in [-0.2, 0) is 0 Å². The molecule has 0 amide bonds. The minimum Gasteiger partial charge on any atom is -0.357 e. The van der Waals surface area contributed by atoms with Crippen LogP contribution in [0.1, 0.15) is 31.0 Å². The second-order valence-corrected chi connectivity index (χ2v) is 4.54. The van der Waals surface area contributed by atoms with Crippen LogP contribution in [-0.4, -0.2) is 15.2 Å². The zero-order valence-electron chi connectivity index (χ0n) is 9.70. The monoisotopic (exact) mass is 224 g/mol. The van der Waals surface area contributed by atoms with E-state index in [0.717, 1.165) is 33.1 Å². The molecule has 0 fully saturated rings. The Bertz CT molecular complexity index is 740. The summed E-state index contributed by atoms with van der Waals surface area (Å²) in [7, 11) is 0. The fourth-order valence-electron chi connectivity index (χ4n) is 2.21. The maximum Gasteiger partial charge on any atom is 0.102 e. The summed E-state index contributed by atoms with van der Waals surface area (Å²) in [4.78, 5) is 3.33. The van der Waals surface area contributed by atoms with E-state index in [1.54, 1.807) is 6.20 Å². The molecule has 0 bridgehead atoms. The zero-order chi connectivity index (χ0) is 12.0. The third kappa shape index (κ3) is 1.32. The molecule has 1 aromatic carbocycles. The molecular formula is C13H12N4. The van der Waals surface area contributed by atoms with Crippen LogP contribution in [0.5, 0.6) is 0 Å². The van der Waals surface area contributed by atoms with E-state index in [2.05, 4.69) is 35.1 Å². The summed E-state index contributed by atoms with van der Waals surface area (Å²) in [6.07, 6.45) is 1.79. The maximum atomic E-state index is 9.28. The van der Waals surface area contributed by atoms with Gasteiger partial charge in [0.15, 0.2) is 0 Å². The lowest BCUT2D eigenvalue weighted by Crippen LogP contribution is -1.89. The number of hydrogen-bond acceptors (Lipinski definition) is 2. The first-order chi connectivity index (χ1) is 8.20. The Kier molecular flexibility index (Phi) is 1.96. The van der Waals surface area contributed by atoms with E-state index in [1.165, 1.54) is 0 Å². The molecule has 2 aromatic heterocycles. The minimum absolute atomic E-state index is 0.313. The van der Waals surface area contributed by atoms with Gasteiger partial charge in [0.1, 0.15) is 6.07 Å². The highest BCUT2D eigenvalue weighted by atomic mass is 15.1. The van der Waals surface area contributed by atoms with Crippen LogP contribution in [0, 0.1) is 11.3 Å². The smallest absolute Gasteiger partial charge is 0.102 e. The molecule has 0 aliphatic rings. The van der Waals surface area contributed by atoms with Gasteiger partial charge in [0.05, 0.1) is 17.3 Å². The molecule has 4 nitrogen and oxygen atoms in total. The molecule has 0 saturated heterocycles. The third-order valence-electron chi connectivity index (χ3n) is 3.08. The maximum absolute atomic E-state index is 9.28. The Morgan fingerprint density at radius 1 is 1.29 bits per heavy atom. The average molecular weight is 224 g/mol. The Balaban J connectivity index is 2.44. The van der Waals surface area contributed by atoms with E-state index in [-0.39, 0.29) is 0 Å². The first-order valence-corrected chi connectivity index (χ1v) is 5.59. The number of H-pyrrole nitrogens is 2. The second kappa shape index (κ2) is 3.36. The van der Waals surface area contributed by atoms with E-state index in [1.807, 2.05) is 12.1 Å². The highest BCUT2D eigenvalue weighted by molar-refractivity contribution is 5.98. The van der Waals surface area contributed by atoms with Gasteiger partial charge in [-0.3, -0.25) is 5.10 Å². The van der Waals surface area contributed by atoms with Gasteiger partial charge in [0, 0.05) is 22.0 Å². The number of rotatable bonds is 1. The number of nitrogens with zero attached hydrogens (tertiary/aromatic N) is 2. The molecule has 2 N–H and O–H groups in total. The minimum atomic E-state index is 0.313. The molecule has 3 aromatic rings. The van der Waals surface area contributed by atoms with E-state index in [0.29, 0.717) is 5.92 Å². The Morgan fingerprint density at radius 2 is 2.12 bits per heavy atom. The summed E-state index contributed by atoms with van der Waals surface area (Å²) in [6, 6.07) is 6.30. The average Bonchev–Trinajstić information content (AvgIpc) is 2.87. The van der Waals surface area contributed by atoms with E-state index in [4.69, 9.17) is 0 Å². The number of hydrogen-bond donors (Lipinski definition) is 2. The van der Waals surface area contributed by atoms with Gasteiger partial charge in [-0.05, 0) is 18.1 Å². The third-order valence-corrected chi connectivity index (χ3v) is 3.08. The lowest BCUT2D eigenvalue weighted by molar-refractivity contribution is 0.833. The molecule has 84 valence electrons. The summed E-state index contributed by atoms with van der Waals surface area (Å²) in [6.45, 7) is 4.16. The summed E-state index contributed by atoms with van der Waals surface area (Å²) < 4.78 is 0. The van der Waals surface area contributed by atoms with Crippen LogP contribution in [0.15, 0.2) is 18.3 Å². The van der Waals surface area contributed by atoms with Gasteiger partial charge in [-0.15, -0.1) is 0 Å². The van der Waals surface area contributed by atoms with Gasteiger partial charge in [0.2, 0.25) is 0 Å². The van der Waals surface area contributed by atoms with Gasteiger partial charge in [-0.1, -0.05) is 13.8 Å². The molecule has 0 radical (unpaired) electrons. The van der Waals surface area contributed by atoms with Crippen LogP contribution < -0.4 is 0 Å². The topological polar surface area (TPSA) is 68.3 Å². The van der Waals surface area contributed by atoms with Gasteiger partial charge < -0.3 is 4.98 Å². The molecule has 4 heteroatoms. The predicted molar refractivity (Wildman–Crippen MR) is 66.8 cm³/mol. The van der Waals surface area contributed by atoms with E-state index >= 15 is 0 Å². The van der Waals surface area contributed by atoms with E-state index in [9.17, 15) is 5.26 Å². The number of nitriles is 1. The molecule has 3 rings (SSSR count). The summed E-state index contributed by atoms with van der Waals surface area (Å²) in [5.74, 6) is 0.313. The van der Waals surface area contributed by atoms with Crippen LogP contribution in [0.4, 0.5) is 0 Å². The van der Waals surface area contributed by atoms with Crippen LogP contribution >= 0.6 is 0 Å². The van der Waals surface area contributed by atoms with Crippen molar-refractivity contribution in [1.29, 1.82) is 5.26 Å². The number of nitrogens with one attached hydrogen (secondary N) is 2. The molecule has 0 aliphatic carbocycles. The Morgan fingerprint density at radius 3 is 2.82 bits per heavy atom. The summed E-state index contributed by atoms with van der Waals surface area (Å²) in [5.41, 5.74) is 3.71. The van der Waals surface area contributed by atoms with Crippen LogP contribution in [0.3, 0.4) is 0 Å². The molecule has 17 heavy (non-hydrogen) atoms. The van der Waals surface area contributed by atoms with Crippen LogP contribution in [0.25, 0.3) is 21.8 Å². The number of aromatic amines is 2.